The summed E-state index contributed by atoms with van der Waals surface area (Å²) in [6.07, 6.45) is 0. The first-order valence-corrected chi connectivity index (χ1v) is 19.1. The molecule has 1 aliphatic carbocycles. The third kappa shape index (κ3) is 5.71. The van der Waals surface area contributed by atoms with Crippen molar-refractivity contribution in [1.82, 2.24) is 0 Å². The van der Waals surface area contributed by atoms with Crippen LogP contribution < -0.4 is 0 Å². The van der Waals surface area contributed by atoms with Crippen molar-refractivity contribution in [2.45, 2.75) is 5.41 Å². The van der Waals surface area contributed by atoms with Gasteiger partial charge in [-0.05, 0) is 125 Å². The Morgan fingerprint density at radius 2 is 0.509 bits per heavy atom. The topological polar surface area (TPSA) is 0 Å². The zero-order valence-corrected chi connectivity index (χ0v) is 30.4. The summed E-state index contributed by atoms with van der Waals surface area (Å²) in [7, 11) is 0. The Hall–Kier alpha value is -7.02. The lowest BCUT2D eigenvalue weighted by molar-refractivity contribution is 0.769. The monoisotopic (exact) mass is 698 g/mol. The first-order chi connectivity index (χ1) is 27.3. The van der Waals surface area contributed by atoms with Crippen molar-refractivity contribution in [3.05, 3.63) is 253 Å². The summed E-state index contributed by atoms with van der Waals surface area (Å²) in [5.41, 5.74) is 19.2. The minimum absolute atomic E-state index is 0.573. The van der Waals surface area contributed by atoms with Crippen LogP contribution in [0.5, 0.6) is 0 Å². The molecule has 0 aliphatic heterocycles. The van der Waals surface area contributed by atoms with Crippen LogP contribution in [0.3, 0.4) is 0 Å². The van der Waals surface area contributed by atoms with Gasteiger partial charge in [-0.1, -0.05) is 194 Å². The zero-order valence-electron chi connectivity index (χ0n) is 30.4. The quantitative estimate of drug-likeness (QED) is 0.155. The number of hydrogen-bond acceptors (Lipinski definition) is 0. The summed E-state index contributed by atoms with van der Waals surface area (Å²) >= 11 is 0. The summed E-state index contributed by atoms with van der Waals surface area (Å²) in [5, 5.41) is 0. The molecular weight excluding hydrogens is 661 g/mol. The lowest BCUT2D eigenvalue weighted by Gasteiger charge is -2.35. The van der Waals surface area contributed by atoms with Crippen molar-refractivity contribution in [2.75, 3.05) is 0 Å². The number of rotatable bonds is 7. The molecule has 0 fully saturated rings. The molecule has 0 nitrogen and oxygen atoms in total. The maximum atomic E-state index is 2.46. The smallest absolute Gasteiger partial charge is 0.0622 e. The van der Waals surface area contributed by atoms with E-state index in [1.807, 2.05) is 0 Å². The number of hydrogen-bond donors (Lipinski definition) is 0. The van der Waals surface area contributed by atoms with Crippen LogP contribution >= 0.6 is 0 Å². The average Bonchev–Trinajstić information content (AvgIpc) is 3.58. The van der Waals surface area contributed by atoms with Crippen LogP contribution in [0.25, 0.3) is 66.8 Å². The number of benzene rings is 9. The third-order valence-corrected chi connectivity index (χ3v) is 11.3. The molecule has 0 spiro atoms. The van der Waals surface area contributed by atoms with Gasteiger partial charge in [0.15, 0.2) is 0 Å². The molecule has 0 heterocycles. The summed E-state index contributed by atoms with van der Waals surface area (Å²) in [6, 6.07) is 84.7. The summed E-state index contributed by atoms with van der Waals surface area (Å²) in [5.74, 6) is 0. The molecule has 1 aliphatic rings. The van der Waals surface area contributed by atoms with Crippen LogP contribution in [0.1, 0.15) is 22.3 Å². The van der Waals surface area contributed by atoms with Gasteiger partial charge in [-0.2, -0.15) is 0 Å². The van der Waals surface area contributed by atoms with Crippen LogP contribution in [0.4, 0.5) is 0 Å². The molecule has 258 valence electrons. The normalized spacial score (nSPS) is 12.5. The molecule has 0 N–H and O–H groups in total. The maximum Gasteiger partial charge on any atom is 0.0714 e. The molecular formula is C55H38. The molecule has 0 unspecified atom stereocenters. The lowest BCUT2D eigenvalue weighted by Crippen LogP contribution is -2.28. The van der Waals surface area contributed by atoms with Crippen molar-refractivity contribution in [3.63, 3.8) is 0 Å². The van der Waals surface area contributed by atoms with Crippen LogP contribution in [-0.2, 0) is 5.41 Å². The van der Waals surface area contributed by atoms with E-state index in [-0.39, 0.29) is 0 Å². The Kier molecular flexibility index (Phi) is 8.16. The molecule has 0 amide bonds. The van der Waals surface area contributed by atoms with E-state index in [1.165, 1.54) is 89.0 Å². The van der Waals surface area contributed by atoms with E-state index in [9.17, 15) is 0 Å². The first-order valence-electron chi connectivity index (χ1n) is 19.1. The Balaban J connectivity index is 1.24. The molecule has 55 heavy (non-hydrogen) atoms. The van der Waals surface area contributed by atoms with E-state index in [2.05, 4.69) is 231 Å². The van der Waals surface area contributed by atoms with Gasteiger partial charge in [-0.25, -0.2) is 0 Å². The van der Waals surface area contributed by atoms with Crippen LogP contribution in [0.15, 0.2) is 231 Å². The van der Waals surface area contributed by atoms with Gasteiger partial charge < -0.3 is 0 Å². The van der Waals surface area contributed by atoms with Gasteiger partial charge in [0.2, 0.25) is 0 Å². The SMILES string of the molecule is c1ccc(-c2cccc(-c3cccc(C4(c5cc(-c6ccccc6)cc(-c6cccc(-c7ccccc7)c6)c5)c5ccccc5-c5ccccc54)c3)c2)cc1. The standard InChI is InChI=1S/C55H38/c1-4-17-39(18-5-1)42-23-14-25-44(33-42)46-27-16-28-49(36-46)55(53-31-12-10-29-51(53)52-30-11-13-32-54(52)55)50-37-47(41-21-8-3-9-22-41)35-48(38-50)45-26-15-24-43(34-45)40-19-6-2-7-20-40/h1-38H. The second kappa shape index (κ2) is 13.8. The number of fused-ring (bicyclic) bond motifs is 3. The van der Waals surface area contributed by atoms with Gasteiger partial charge in [0.05, 0.1) is 5.41 Å². The van der Waals surface area contributed by atoms with Crippen LogP contribution in [-0.4, -0.2) is 0 Å². The Labute approximate surface area is 323 Å². The fourth-order valence-corrected chi connectivity index (χ4v) is 8.78. The Morgan fingerprint density at radius 3 is 1.02 bits per heavy atom. The van der Waals surface area contributed by atoms with Crippen molar-refractivity contribution in [1.29, 1.82) is 0 Å². The molecule has 0 aromatic heterocycles. The minimum atomic E-state index is -0.573. The van der Waals surface area contributed by atoms with Crippen LogP contribution in [0, 0.1) is 0 Å². The summed E-state index contributed by atoms with van der Waals surface area (Å²) in [6.45, 7) is 0. The van der Waals surface area contributed by atoms with Gasteiger partial charge in [0, 0.05) is 0 Å². The highest BCUT2D eigenvalue weighted by atomic mass is 14.5. The highest BCUT2D eigenvalue weighted by Crippen LogP contribution is 2.57. The van der Waals surface area contributed by atoms with E-state index < -0.39 is 5.41 Å². The summed E-state index contributed by atoms with van der Waals surface area (Å²) < 4.78 is 0. The lowest BCUT2D eigenvalue weighted by atomic mass is 9.66. The second-order valence-electron chi connectivity index (χ2n) is 14.5. The summed E-state index contributed by atoms with van der Waals surface area (Å²) in [4.78, 5) is 0. The van der Waals surface area contributed by atoms with Gasteiger partial charge in [-0.15, -0.1) is 0 Å². The van der Waals surface area contributed by atoms with Crippen molar-refractivity contribution in [3.8, 4) is 66.8 Å². The van der Waals surface area contributed by atoms with Crippen LogP contribution in [0.2, 0.25) is 0 Å². The molecule has 9 aromatic rings. The zero-order chi connectivity index (χ0) is 36.6. The van der Waals surface area contributed by atoms with E-state index in [0.29, 0.717) is 0 Å². The fraction of sp³-hybridized carbons (Fsp3) is 0.0182. The van der Waals surface area contributed by atoms with Gasteiger partial charge in [0.25, 0.3) is 0 Å². The molecule has 0 bridgehead atoms. The molecule has 9 aromatic carbocycles. The Morgan fingerprint density at radius 1 is 0.200 bits per heavy atom. The van der Waals surface area contributed by atoms with Crippen molar-refractivity contribution in [2.24, 2.45) is 0 Å². The molecule has 0 atom stereocenters. The first kappa shape index (κ1) is 32.6. The van der Waals surface area contributed by atoms with Gasteiger partial charge >= 0.3 is 0 Å². The second-order valence-corrected chi connectivity index (χ2v) is 14.5. The van der Waals surface area contributed by atoms with Crippen molar-refractivity contribution < 1.29 is 0 Å². The highest BCUT2D eigenvalue weighted by molar-refractivity contribution is 5.89. The van der Waals surface area contributed by atoms with E-state index in [4.69, 9.17) is 0 Å². The third-order valence-electron chi connectivity index (χ3n) is 11.3. The maximum absolute atomic E-state index is 2.46. The van der Waals surface area contributed by atoms with Crippen molar-refractivity contribution >= 4 is 0 Å². The van der Waals surface area contributed by atoms with Gasteiger partial charge in [-0.3, -0.25) is 0 Å². The molecule has 0 saturated carbocycles. The minimum Gasteiger partial charge on any atom is -0.0622 e. The average molecular weight is 699 g/mol. The fourth-order valence-electron chi connectivity index (χ4n) is 8.78. The van der Waals surface area contributed by atoms with E-state index in [0.717, 1.165) is 0 Å². The van der Waals surface area contributed by atoms with E-state index in [1.54, 1.807) is 0 Å². The Bertz CT molecular complexity index is 2750. The van der Waals surface area contributed by atoms with E-state index >= 15 is 0 Å². The van der Waals surface area contributed by atoms with Gasteiger partial charge in [0.1, 0.15) is 0 Å². The predicted octanol–water partition coefficient (Wildman–Crippen LogP) is 14.4. The molecule has 0 saturated heterocycles. The molecule has 10 rings (SSSR count). The predicted molar refractivity (Wildman–Crippen MR) is 231 cm³/mol. The highest BCUT2D eigenvalue weighted by Gasteiger charge is 2.46. The largest absolute Gasteiger partial charge is 0.0714 e. The molecule has 0 radical (unpaired) electrons. The molecule has 0 heteroatoms.